The number of aromatic nitrogens is 2. The lowest BCUT2D eigenvalue weighted by Crippen LogP contribution is -2.50. The van der Waals surface area contributed by atoms with Crippen LogP contribution in [0.1, 0.15) is 25.0 Å². The molecule has 1 aromatic carbocycles. The molecule has 0 aliphatic carbocycles. The lowest BCUT2D eigenvalue weighted by atomic mass is 10.2. The third-order valence-corrected chi connectivity index (χ3v) is 4.90. The summed E-state index contributed by atoms with van der Waals surface area (Å²) in [5.41, 5.74) is 2.37. The number of benzene rings is 1. The van der Waals surface area contributed by atoms with Gasteiger partial charge >= 0.3 is 0 Å². The molecule has 3 rings (SSSR count). The predicted molar refractivity (Wildman–Crippen MR) is 132 cm³/mol. The first-order valence-corrected chi connectivity index (χ1v) is 10.5. The van der Waals surface area contributed by atoms with E-state index in [2.05, 4.69) is 69.9 Å². The van der Waals surface area contributed by atoms with Crippen molar-refractivity contribution in [2.75, 3.05) is 39.8 Å². The van der Waals surface area contributed by atoms with E-state index in [1.807, 2.05) is 16.9 Å². The highest BCUT2D eigenvalue weighted by Crippen LogP contribution is 2.07. The van der Waals surface area contributed by atoms with Gasteiger partial charge in [-0.05, 0) is 11.5 Å². The quantitative estimate of drug-likeness (QED) is 0.315. The first kappa shape index (κ1) is 24.6. The highest BCUT2D eigenvalue weighted by atomic mass is 127. The second kappa shape index (κ2) is 12.9. The van der Waals surface area contributed by atoms with Crippen LogP contribution in [0.25, 0.3) is 0 Å². The molecule has 166 valence electrons. The number of rotatable bonds is 8. The number of hydrogen-bond donors (Lipinski definition) is 2. The number of morpholine rings is 1. The van der Waals surface area contributed by atoms with E-state index in [9.17, 15) is 0 Å². The van der Waals surface area contributed by atoms with Gasteiger partial charge in [-0.3, -0.25) is 14.6 Å². The third kappa shape index (κ3) is 8.23. The summed E-state index contributed by atoms with van der Waals surface area (Å²) in [4.78, 5) is 6.81. The number of halogens is 1. The number of aliphatic imine (C=N–C) groups is 1. The zero-order valence-corrected chi connectivity index (χ0v) is 20.6. The van der Waals surface area contributed by atoms with Gasteiger partial charge in [0.05, 0.1) is 25.5 Å². The number of guanidine groups is 1. The first-order valence-electron chi connectivity index (χ1n) is 10.5. The van der Waals surface area contributed by atoms with Gasteiger partial charge in [-0.1, -0.05) is 44.2 Å². The third-order valence-electron chi connectivity index (χ3n) is 4.90. The van der Waals surface area contributed by atoms with Crippen LogP contribution in [0.4, 0.5) is 0 Å². The lowest BCUT2D eigenvalue weighted by molar-refractivity contribution is -0.0284. The Balaban J connectivity index is 0.00000320. The summed E-state index contributed by atoms with van der Waals surface area (Å²) in [5, 5.41) is 11.2. The molecule has 0 amide bonds. The Bertz CT molecular complexity index is 764. The molecule has 1 aliphatic rings. The number of ether oxygens (including phenoxy) is 1. The van der Waals surface area contributed by atoms with Crippen LogP contribution >= 0.6 is 24.0 Å². The molecule has 2 N–H and O–H groups in total. The summed E-state index contributed by atoms with van der Waals surface area (Å²) in [6, 6.07) is 10.4. The molecule has 1 aromatic heterocycles. The molecule has 1 fully saturated rings. The van der Waals surface area contributed by atoms with Crippen LogP contribution in [0.5, 0.6) is 0 Å². The Kier molecular flexibility index (Phi) is 10.6. The van der Waals surface area contributed by atoms with Crippen molar-refractivity contribution in [2.45, 2.75) is 33.0 Å². The molecule has 0 saturated carbocycles. The minimum absolute atomic E-state index is 0. The minimum atomic E-state index is 0. The van der Waals surface area contributed by atoms with E-state index >= 15 is 0 Å². The number of nitrogens with zero attached hydrogens (tertiary/aromatic N) is 4. The van der Waals surface area contributed by atoms with Gasteiger partial charge in [-0.2, -0.15) is 5.10 Å². The van der Waals surface area contributed by atoms with E-state index in [-0.39, 0.29) is 30.1 Å². The number of hydrogen-bond acceptors (Lipinski definition) is 4. The van der Waals surface area contributed by atoms with E-state index in [4.69, 9.17) is 4.74 Å². The molecule has 2 heterocycles. The molecular weight excluding hydrogens is 491 g/mol. The molecular formula is C22H35IN6O. The molecule has 0 radical (unpaired) electrons. The van der Waals surface area contributed by atoms with Gasteiger partial charge in [-0.15, -0.1) is 24.0 Å². The minimum Gasteiger partial charge on any atom is -0.374 e. The molecule has 2 aromatic rings. The molecule has 0 bridgehead atoms. The van der Waals surface area contributed by atoms with Crippen LogP contribution in [-0.2, 0) is 17.8 Å². The average molecular weight is 526 g/mol. The fourth-order valence-electron chi connectivity index (χ4n) is 3.56. The monoisotopic (exact) mass is 526 g/mol. The molecule has 0 spiro atoms. The van der Waals surface area contributed by atoms with Crippen LogP contribution in [0.3, 0.4) is 0 Å². The highest BCUT2D eigenvalue weighted by molar-refractivity contribution is 14.0. The Hall–Kier alpha value is -1.65. The molecule has 7 nitrogen and oxygen atoms in total. The Morgan fingerprint density at radius 1 is 1.23 bits per heavy atom. The smallest absolute Gasteiger partial charge is 0.191 e. The maximum atomic E-state index is 5.91. The first-order chi connectivity index (χ1) is 14.1. The highest BCUT2D eigenvalue weighted by Gasteiger charge is 2.21. The SMILES string of the molecule is CN=C(NCc1cnn(Cc2ccccc2)c1)NCC1CN(CC(C)C)CCO1.I. The van der Waals surface area contributed by atoms with Gasteiger partial charge in [0, 0.05) is 51.5 Å². The summed E-state index contributed by atoms with van der Waals surface area (Å²) < 4.78 is 7.87. The second-order valence-corrected chi connectivity index (χ2v) is 7.98. The van der Waals surface area contributed by atoms with E-state index in [1.165, 1.54) is 5.56 Å². The Morgan fingerprint density at radius 3 is 2.77 bits per heavy atom. The predicted octanol–water partition coefficient (Wildman–Crippen LogP) is 2.57. The molecule has 8 heteroatoms. The van der Waals surface area contributed by atoms with Gasteiger partial charge in [0.25, 0.3) is 0 Å². The zero-order valence-electron chi connectivity index (χ0n) is 18.3. The molecule has 1 atom stereocenters. The van der Waals surface area contributed by atoms with E-state index in [1.54, 1.807) is 7.05 Å². The summed E-state index contributed by atoms with van der Waals surface area (Å²) in [6.45, 7) is 10.6. The molecule has 1 unspecified atom stereocenters. The van der Waals surface area contributed by atoms with E-state index in [0.717, 1.165) is 50.9 Å². The van der Waals surface area contributed by atoms with Gasteiger partial charge in [0.1, 0.15) is 0 Å². The van der Waals surface area contributed by atoms with Crippen LogP contribution in [0.15, 0.2) is 47.7 Å². The fraction of sp³-hybridized carbons (Fsp3) is 0.545. The fourth-order valence-corrected chi connectivity index (χ4v) is 3.56. The summed E-state index contributed by atoms with van der Waals surface area (Å²) in [6.07, 6.45) is 4.16. The largest absolute Gasteiger partial charge is 0.374 e. The van der Waals surface area contributed by atoms with Crippen molar-refractivity contribution in [2.24, 2.45) is 10.9 Å². The van der Waals surface area contributed by atoms with Crippen molar-refractivity contribution in [3.05, 3.63) is 53.9 Å². The van der Waals surface area contributed by atoms with E-state index in [0.29, 0.717) is 12.5 Å². The van der Waals surface area contributed by atoms with Crippen LogP contribution in [0.2, 0.25) is 0 Å². The maximum absolute atomic E-state index is 5.91. The van der Waals surface area contributed by atoms with Crippen molar-refractivity contribution in [3.63, 3.8) is 0 Å². The van der Waals surface area contributed by atoms with Gasteiger partial charge < -0.3 is 15.4 Å². The van der Waals surface area contributed by atoms with Crippen molar-refractivity contribution in [1.29, 1.82) is 0 Å². The van der Waals surface area contributed by atoms with Crippen molar-refractivity contribution in [1.82, 2.24) is 25.3 Å². The van der Waals surface area contributed by atoms with Crippen LogP contribution in [-0.4, -0.2) is 66.6 Å². The average Bonchev–Trinajstić information content (AvgIpc) is 3.16. The van der Waals surface area contributed by atoms with Gasteiger partial charge in [-0.25, -0.2) is 0 Å². The molecule has 30 heavy (non-hydrogen) atoms. The van der Waals surface area contributed by atoms with Crippen molar-refractivity contribution < 1.29 is 4.74 Å². The lowest BCUT2D eigenvalue weighted by Gasteiger charge is -2.34. The second-order valence-electron chi connectivity index (χ2n) is 7.98. The van der Waals surface area contributed by atoms with Crippen molar-refractivity contribution in [3.8, 4) is 0 Å². The Morgan fingerprint density at radius 2 is 2.03 bits per heavy atom. The molecule has 1 saturated heterocycles. The zero-order chi connectivity index (χ0) is 20.5. The Labute approximate surface area is 197 Å². The van der Waals surface area contributed by atoms with Crippen LogP contribution in [0, 0.1) is 5.92 Å². The van der Waals surface area contributed by atoms with E-state index < -0.39 is 0 Å². The molecule has 1 aliphatic heterocycles. The number of nitrogens with one attached hydrogen (secondary N) is 2. The maximum Gasteiger partial charge on any atom is 0.191 e. The topological polar surface area (TPSA) is 66.7 Å². The standard InChI is InChI=1S/C22H34N6O.HI/c1-18(2)14-27-9-10-29-21(17-27)13-25-22(23-3)24-11-20-12-26-28(16-20)15-19-7-5-4-6-8-19;/h4-8,12,16,18,21H,9-11,13-15,17H2,1-3H3,(H2,23,24,25);1H. The summed E-state index contributed by atoms with van der Waals surface area (Å²) >= 11 is 0. The van der Waals surface area contributed by atoms with Crippen molar-refractivity contribution >= 4 is 29.9 Å². The summed E-state index contributed by atoms with van der Waals surface area (Å²) in [7, 11) is 1.79. The van der Waals surface area contributed by atoms with Gasteiger partial charge in [0.2, 0.25) is 0 Å². The summed E-state index contributed by atoms with van der Waals surface area (Å²) in [5.74, 6) is 1.46. The van der Waals surface area contributed by atoms with Crippen LogP contribution < -0.4 is 10.6 Å². The normalized spacial score (nSPS) is 17.6. The van der Waals surface area contributed by atoms with Gasteiger partial charge in [0.15, 0.2) is 5.96 Å².